The maximum absolute atomic E-state index is 10.9. The fraction of sp³-hybridized carbons (Fsp3) is 0. The highest BCUT2D eigenvalue weighted by molar-refractivity contribution is 6.32. The van der Waals surface area contributed by atoms with Crippen molar-refractivity contribution in [3.05, 3.63) is 35.0 Å². The van der Waals surface area contributed by atoms with Gasteiger partial charge in [0.2, 0.25) is 5.22 Å². The highest BCUT2D eigenvalue weighted by Crippen LogP contribution is 2.33. The first-order valence-corrected chi connectivity index (χ1v) is 4.66. The number of hydrogen-bond acceptors (Lipinski definition) is 4. The lowest BCUT2D eigenvalue weighted by Crippen LogP contribution is -1.97. The third kappa shape index (κ3) is 1.61. The molecule has 16 heavy (non-hydrogen) atoms. The number of phenolic OH excluding ortho intramolecular Hbond substituents is 1. The van der Waals surface area contributed by atoms with Gasteiger partial charge in [0.05, 0.1) is 0 Å². The van der Waals surface area contributed by atoms with Crippen LogP contribution in [0.1, 0.15) is 10.4 Å². The number of aromatic hydroxyl groups is 1. The zero-order valence-electron chi connectivity index (χ0n) is 7.85. The number of phenols is 1. The van der Waals surface area contributed by atoms with E-state index in [0.717, 1.165) is 0 Å². The summed E-state index contributed by atoms with van der Waals surface area (Å²) in [5.41, 5.74) is 0.00863. The van der Waals surface area contributed by atoms with Crippen LogP contribution in [0.4, 0.5) is 0 Å². The van der Waals surface area contributed by atoms with Gasteiger partial charge in [0.15, 0.2) is 0 Å². The number of benzene rings is 1. The summed E-state index contributed by atoms with van der Waals surface area (Å²) in [6.07, 6.45) is 0. The first kappa shape index (κ1) is 10.5. The van der Waals surface area contributed by atoms with Gasteiger partial charge in [0.25, 0.3) is 0 Å². The minimum absolute atomic E-state index is 0.00981. The monoisotopic (exact) mass is 239 g/mol. The van der Waals surface area contributed by atoms with Crippen molar-refractivity contribution in [1.82, 2.24) is 5.16 Å². The molecular weight excluding hydrogens is 234 g/mol. The van der Waals surface area contributed by atoms with Crippen molar-refractivity contribution in [3.8, 4) is 17.0 Å². The number of nitrogens with zero attached hydrogens (tertiary/aromatic N) is 1. The van der Waals surface area contributed by atoms with Crippen LogP contribution in [0.2, 0.25) is 5.22 Å². The minimum Gasteiger partial charge on any atom is -0.507 e. The maximum Gasteiger partial charge on any atom is 0.342 e. The molecule has 0 fully saturated rings. The van der Waals surface area contributed by atoms with Crippen LogP contribution in [0.25, 0.3) is 11.3 Å². The van der Waals surface area contributed by atoms with Crippen molar-refractivity contribution in [1.29, 1.82) is 0 Å². The largest absolute Gasteiger partial charge is 0.507 e. The number of para-hydroxylation sites is 1. The van der Waals surface area contributed by atoms with E-state index in [1.807, 2.05) is 0 Å². The van der Waals surface area contributed by atoms with Crippen LogP contribution >= 0.6 is 11.6 Å². The summed E-state index contributed by atoms with van der Waals surface area (Å²) in [6.45, 7) is 0. The van der Waals surface area contributed by atoms with Crippen LogP contribution in [0.15, 0.2) is 28.8 Å². The summed E-state index contributed by atoms with van der Waals surface area (Å²) in [7, 11) is 0. The third-order valence-electron chi connectivity index (χ3n) is 2.02. The van der Waals surface area contributed by atoms with Crippen molar-refractivity contribution in [3.63, 3.8) is 0 Å². The van der Waals surface area contributed by atoms with Gasteiger partial charge in [-0.25, -0.2) is 4.79 Å². The second-order valence-corrected chi connectivity index (χ2v) is 3.35. The molecule has 1 aromatic carbocycles. The van der Waals surface area contributed by atoms with E-state index in [2.05, 4.69) is 9.68 Å². The number of carboxylic acids is 1. The molecule has 0 radical (unpaired) electrons. The van der Waals surface area contributed by atoms with Gasteiger partial charge in [0.1, 0.15) is 17.0 Å². The van der Waals surface area contributed by atoms with E-state index in [9.17, 15) is 9.90 Å². The molecule has 0 saturated carbocycles. The first-order valence-electron chi connectivity index (χ1n) is 4.28. The molecule has 0 bridgehead atoms. The molecule has 0 saturated heterocycles. The summed E-state index contributed by atoms with van der Waals surface area (Å²) >= 11 is 5.55. The second-order valence-electron chi connectivity index (χ2n) is 3.00. The SMILES string of the molecule is O=C(O)c1c(-c2ccccc2O)noc1Cl. The Morgan fingerprint density at radius 1 is 1.38 bits per heavy atom. The Morgan fingerprint density at radius 3 is 2.69 bits per heavy atom. The molecule has 1 heterocycles. The molecule has 2 N–H and O–H groups in total. The Bertz CT molecular complexity index is 550. The van der Waals surface area contributed by atoms with E-state index in [4.69, 9.17) is 16.7 Å². The fourth-order valence-electron chi connectivity index (χ4n) is 1.31. The Morgan fingerprint density at radius 2 is 2.06 bits per heavy atom. The zero-order chi connectivity index (χ0) is 11.7. The molecule has 82 valence electrons. The molecule has 0 aliphatic heterocycles. The number of hydrogen-bond donors (Lipinski definition) is 2. The van der Waals surface area contributed by atoms with Gasteiger partial charge in [-0.3, -0.25) is 0 Å². The van der Waals surface area contributed by atoms with E-state index >= 15 is 0 Å². The predicted octanol–water partition coefficient (Wildman–Crippen LogP) is 2.40. The van der Waals surface area contributed by atoms with E-state index in [-0.39, 0.29) is 27.8 Å². The van der Waals surface area contributed by atoms with Gasteiger partial charge in [-0.2, -0.15) is 0 Å². The van der Waals surface area contributed by atoms with Crippen LogP contribution in [0.5, 0.6) is 5.75 Å². The second kappa shape index (κ2) is 3.86. The lowest BCUT2D eigenvalue weighted by Gasteiger charge is -2.00. The molecule has 0 aliphatic carbocycles. The van der Waals surface area contributed by atoms with E-state index < -0.39 is 5.97 Å². The van der Waals surface area contributed by atoms with Crippen LogP contribution in [-0.2, 0) is 0 Å². The average molecular weight is 240 g/mol. The quantitative estimate of drug-likeness (QED) is 0.841. The van der Waals surface area contributed by atoms with Crippen LogP contribution < -0.4 is 0 Å². The van der Waals surface area contributed by atoms with Crippen LogP contribution in [-0.4, -0.2) is 21.3 Å². The van der Waals surface area contributed by atoms with Crippen molar-refractivity contribution < 1.29 is 19.5 Å². The Hall–Kier alpha value is -2.01. The molecule has 0 unspecified atom stereocenters. The van der Waals surface area contributed by atoms with Crippen LogP contribution in [0, 0.1) is 0 Å². The number of carboxylic acid groups (broad SMARTS) is 1. The van der Waals surface area contributed by atoms with Crippen molar-refractivity contribution in [2.24, 2.45) is 0 Å². The standard InChI is InChI=1S/C10H6ClNO4/c11-9-7(10(14)15)8(12-16-9)5-3-1-2-4-6(5)13/h1-4,13H,(H,14,15). The van der Waals surface area contributed by atoms with Crippen molar-refractivity contribution in [2.45, 2.75) is 0 Å². The molecule has 1 aromatic heterocycles. The molecule has 2 aromatic rings. The third-order valence-corrected chi connectivity index (χ3v) is 2.28. The minimum atomic E-state index is -1.26. The Balaban J connectivity index is 2.66. The zero-order valence-corrected chi connectivity index (χ0v) is 8.60. The predicted molar refractivity (Wildman–Crippen MR) is 55.6 cm³/mol. The molecule has 0 spiro atoms. The topological polar surface area (TPSA) is 83.6 Å². The summed E-state index contributed by atoms with van der Waals surface area (Å²) in [5, 5.41) is 21.7. The highest BCUT2D eigenvalue weighted by atomic mass is 35.5. The molecule has 5 nitrogen and oxygen atoms in total. The molecule has 2 rings (SSSR count). The Labute approximate surface area is 94.9 Å². The molecule has 0 amide bonds. The van der Waals surface area contributed by atoms with E-state index in [1.165, 1.54) is 12.1 Å². The summed E-state index contributed by atoms with van der Waals surface area (Å²) in [4.78, 5) is 10.9. The lowest BCUT2D eigenvalue weighted by molar-refractivity contribution is 0.0697. The van der Waals surface area contributed by atoms with Gasteiger partial charge in [-0.1, -0.05) is 17.3 Å². The molecule has 6 heteroatoms. The number of rotatable bonds is 2. The lowest BCUT2D eigenvalue weighted by atomic mass is 10.1. The van der Waals surface area contributed by atoms with Crippen molar-refractivity contribution in [2.75, 3.05) is 0 Å². The number of aromatic carboxylic acids is 1. The van der Waals surface area contributed by atoms with E-state index in [0.29, 0.717) is 0 Å². The number of aromatic nitrogens is 1. The van der Waals surface area contributed by atoms with Gasteiger partial charge < -0.3 is 14.7 Å². The number of carbonyl (C=O) groups is 1. The molecule has 0 atom stereocenters. The van der Waals surface area contributed by atoms with Crippen LogP contribution in [0.3, 0.4) is 0 Å². The number of halogens is 1. The first-order chi connectivity index (χ1) is 7.61. The molecule has 0 aliphatic rings. The molecular formula is C10H6ClNO4. The highest BCUT2D eigenvalue weighted by Gasteiger charge is 2.23. The smallest absolute Gasteiger partial charge is 0.342 e. The summed E-state index contributed by atoms with van der Waals surface area (Å²) in [6, 6.07) is 6.20. The summed E-state index contributed by atoms with van der Waals surface area (Å²) < 4.78 is 4.59. The summed E-state index contributed by atoms with van der Waals surface area (Å²) in [5.74, 6) is -1.35. The maximum atomic E-state index is 10.9. The Kier molecular flexibility index (Phi) is 2.54. The van der Waals surface area contributed by atoms with Gasteiger partial charge in [-0.15, -0.1) is 0 Å². The fourth-order valence-corrected chi connectivity index (χ4v) is 1.52. The average Bonchev–Trinajstić information content (AvgIpc) is 2.61. The normalized spacial score (nSPS) is 10.3. The van der Waals surface area contributed by atoms with Gasteiger partial charge in [0, 0.05) is 5.56 Å². The van der Waals surface area contributed by atoms with Gasteiger partial charge >= 0.3 is 5.97 Å². The van der Waals surface area contributed by atoms with E-state index in [1.54, 1.807) is 12.1 Å². The van der Waals surface area contributed by atoms with Gasteiger partial charge in [-0.05, 0) is 23.7 Å². The van der Waals surface area contributed by atoms with Crippen molar-refractivity contribution >= 4 is 17.6 Å².